The Balaban J connectivity index is 1.96. The van der Waals surface area contributed by atoms with Crippen LogP contribution in [0.5, 0.6) is 0 Å². The van der Waals surface area contributed by atoms with Gasteiger partial charge < -0.3 is 9.63 Å². The largest absolute Gasteiger partial charge is 0.392 e. The van der Waals surface area contributed by atoms with Gasteiger partial charge >= 0.3 is 0 Å². The van der Waals surface area contributed by atoms with Gasteiger partial charge in [0.25, 0.3) is 0 Å². The lowest BCUT2D eigenvalue weighted by Crippen LogP contribution is -2.24. The summed E-state index contributed by atoms with van der Waals surface area (Å²) in [4.78, 5) is 3.91. The van der Waals surface area contributed by atoms with Crippen molar-refractivity contribution < 1.29 is 18.0 Å². The van der Waals surface area contributed by atoms with Crippen LogP contribution >= 0.6 is 0 Å². The van der Waals surface area contributed by atoms with Crippen LogP contribution in [0.4, 0.5) is 0 Å². The summed E-state index contributed by atoms with van der Waals surface area (Å²) in [6.45, 7) is 1.56. The quantitative estimate of drug-likeness (QED) is 0.804. The van der Waals surface area contributed by atoms with Gasteiger partial charge in [0.05, 0.1) is 18.9 Å². The van der Waals surface area contributed by atoms with Gasteiger partial charge in [-0.25, -0.2) is 13.1 Å². The fourth-order valence-corrected chi connectivity index (χ4v) is 2.67. The molecule has 7 nitrogen and oxygen atoms in total. The summed E-state index contributed by atoms with van der Waals surface area (Å²) < 4.78 is 31.0. The molecule has 0 saturated heterocycles. The maximum Gasteiger partial charge on any atom is 0.241 e. The van der Waals surface area contributed by atoms with E-state index in [1.807, 2.05) is 0 Å². The van der Waals surface area contributed by atoms with Crippen LogP contribution in [0.1, 0.15) is 22.8 Å². The number of aryl methyl sites for hydroxylation is 1. The van der Waals surface area contributed by atoms with Gasteiger partial charge in [0, 0.05) is 0 Å². The van der Waals surface area contributed by atoms with E-state index >= 15 is 0 Å². The average Bonchev–Trinajstić information content (AvgIpc) is 2.83. The third-order valence-corrected chi connectivity index (χ3v) is 3.87. The first-order valence-electron chi connectivity index (χ1n) is 5.94. The van der Waals surface area contributed by atoms with Crippen molar-refractivity contribution in [3.63, 3.8) is 0 Å². The number of aliphatic hydroxyl groups is 1. The van der Waals surface area contributed by atoms with Gasteiger partial charge in [0.1, 0.15) is 0 Å². The standard InChI is InChI=1S/C12H15N3O4S/c1-9-14-12(19-15-9)6-13-20(17,18)8-11-4-2-10(7-16)3-5-11/h2-5,13,16H,6-8H2,1H3. The number of sulfonamides is 1. The predicted octanol–water partition coefficient (Wildman–Crippen LogP) is 0.490. The number of rotatable bonds is 6. The zero-order chi connectivity index (χ0) is 14.6. The Morgan fingerprint density at radius 2 is 1.90 bits per heavy atom. The minimum absolute atomic E-state index is 0.0299. The first-order valence-corrected chi connectivity index (χ1v) is 7.59. The first kappa shape index (κ1) is 14.6. The van der Waals surface area contributed by atoms with Crippen LogP contribution in [0, 0.1) is 6.92 Å². The van der Waals surface area contributed by atoms with Crippen LogP contribution in [0.15, 0.2) is 28.8 Å². The Morgan fingerprint density at radius 3 is 2.45 bits per heavy atom. The normalized spacial score (nSPS) is 11.7. The van der Waals surface area contributed by atoms with E-state index in [1.165, 1.54) is 0 Å². The number of hydrogen-bond donors (Lipinski definition) is 2. The number of hydrogen-bond acceptors (Lipinski definition) is 6. The smallest absolute Gasteiger partial charge is 0.241 e. The molecule has 0 radical (unpaired) electrons. The number of nitrogens with zero attached hydrogens (tertiary/aromatic N) is 2. The molecule has 0 unspecified atom stereocenters. The van der Waals surface area contributed by atoms with Crippen molar-refractivity contribution in [1.29, 1.82) is 0 Å². The molecule has 108 valence electrons. The highest BCUT2D eigenvalue weighted by atomic mass is 32.2. The lowest BCUT2D eigenvalue weighted by atomic mass is 10.2. The van der Waals surface area contributed by atoms with Crippen molar-refractivity contribution in [1.82, 2.24) is 14.9 Å². The van der Waals surface area contributed by atoms with E-state index in [0.717, 1.165) is 5.56 Å². The van der Waals surface area contributed by atoms with Gasteiger partial charge in [-0.05, 0) is 18.1 Å². The molecule has 0 saturated carbocycles. The minimum atomic E-state index is -3.48. The highest BCUT2D eigenvalue weighted by molar-refractivity contribution is 7.88. The molecule has 1 heterocycles. The maximum absolute atomic E-state index is 11.9. The molecule has 0 amide bonds. The van der Waals surface area contributed by atoms with E-state index < -0.39 is 10.0 Å². The fourth-order valence-electron chi connectivity index (χ4n) is 1.59. The lowest BCUT2D eigenvalue weighted by molar-refractivity contribution is 0.282. The molecule has 1 aromatic carbocycles. The molecule has 1 aromatic heterocycles. The summed E-state index contributed by atoms with van der Waals surface area (Å²) in [7, 11) is -3.48. The molecule has 0 spiro atoms. The van der Waals surface area contributed by atoms with Crippen molar-refractivity contribution in [2.75, 3.05) is 0 Å². The second-order valence-corrected chi connectivity index (χ2v) is 6.10. The van der Waals surface area contributed by atoms with E-state index in [9.17, 15) is 8.42 Å². The lowest BCUT2D eigenvalue weighted by Gasteiger charge is -2.05. The molecule has 2 aromatic rings. The minimum Gasteiger partial charge on any atom is -0.392 e. The second kappa shape index (κ2) is 6.12. The summed E-state index contributed by atoms with van der Waals surface area (Å²) in [5.41, 5.74) is 1.37. The topological polar surface area (TPSA) is 105 Å². The molecule has 0 fully saturated rings. The summed E-state index contributed by atoms with van der Waals surface area (Å²) in [5, 5.41) is 12.5. The second-order valence-electron chi connectivity index (χ2n) is 4.29. The van der Waals surface area contributed by atoms with Crippen molar-refractivity contribution >= 4 is 10.0 Å². The Hall–Kier alpha value is -1.77. The highest BCUT2D eigenvalue weighted by Crippen LogP contribution is 2.08. The zero-order valence-corrected chi connectivity index (χ0v) is 11.7. The van der Waals surface area contributed by atoms with E-state index in [4.69, 9.17) is 9.63 Å². The van der Waals surface area contributed by atoms with Gasteiger partial charge in [-0.3, -0.25) is 0 Å². The summed E-state index contributed by atoms with van der Waals surface area (Å²) in [6, 6.07) is 6.71. The van der Waals surface area contributed by atoms with E-state index in [0.29, 0.717) is 11.4 Å². The van der Waals surface area contributed by atoms with Gasteiger partial charge in [0.15, 0.2) is 5.82 Å². The van der Waals surface area contributed by atoms with Crippen LogP contribution in [0.3, 0.4) is 0 Å². The summed E-state index contributed by atoms with van der Waals surface area (Å²) in [6.07, 6.45) is 0. The van der Waals surface area contributed by atoms with Gasteiger partial charge in [0.2, 0.25) is 15.9 Å². The summed E-state index contributed by atoms with van der Waals surface area (Å²) in [5.74, 6) is 0.534. The van der Waals surface area contributed by atoms with Gasteiger partial charge in [-0.2, -0.15) is 4.98 Å². The molecule has 0 aliphatic carbocycles. The predicted molar refractivity (Wildman–Crippen MR) is 70.9 cm³/mol. The fraction of sp³-hybridized carbons (Fsp3) is 0.333. The molecule has 2 rings (SSSR count). The molecular formula is C12H15N3O4S. The van der Waals surface area contributed by atoms with Crippen molar-refractivity contribution in [2.45, 2.75) is 25.8 Å². The molecule has 2 N–H and O–H groups in total. The number of nitrogens with one attached hydrogen (secondary N) is 1. The Labute approximate surface area is 116 Å². The highest BCUT2D eigenvalue weighted by Gasteiger charge is 2.13. The number of benzene rings is 1. The van der Waals surface area contributed by atoms with Gasteiger partial charge in [-0.15, -0.1) is 0 Å². The van der Waals surface area contributed by atoms with Crippen LogP contribution < -0.4 is 4.72 Å². The maximum atomic E-state index is 11.9. The van der Waals surface area contributed by atoms with Crippen LogP contribution in [-0.4, -0.2) is 23.7 Å². The van der Waals surface area contributed by atoms with Crippen LogP contribution in [-0.2, 0) is 28.9 Å². The SMILES string of the molecule is Cc1noc(CNS(=O)(=O)Cc2ccc(CO)cc2)n1. The van der Waals surface area contributed by atoms with E-state index in [-0.39, 0.29) is 24.8 Å². The molecule has 8 heteroatoms. The monoisotopic (exact) mass is 297 g/mol. The van der Waals surface area contributed by atoms with Crippen LogP contribution in [0.25, 0.3) is 0 Å². The molecule has 20 heavy (non-hydrogen) atoms. The van der Waals surface area contributed by atoms with E-state index in [1.54, 1.807) is 31.2 Å². The molecule has 0 aliphatic heterocycles. The molecule has 0 aliphatic rings. The van der Waals surface area contributed by atoms with E-state index in [2.05, 4.69) is 14.9 Å². The third kappa shape index (κ3) is 4.12. The Bertz CT molecular complexity index is 664. The van der Waals surface area contributed by atoms with Crippen molar-refractivity contribution in [3.8, 4) is 0 Å². The average molecular weight is 297 g/mol. The van der Waals surface area contributed by atoms with Crippen LogP contribution in [0.2, 0.25) is 0 Å². The molecular weight excluding hydrogens is 282 g/mol. The first-order chi connectivity index (χ1) is 9.48. The zero-order valence-electron chi connectivity index (χ0n) is 10.9. The Morgan fingerprint density at radius 1 is 1.25 bits per heavy atom. The van der Waals surface area contributed by atoms with Crippen molar-refractivity contribution in [2.24, 2.45) is 0 Å². The van der Waals surface area contributed by atoms with Gasteiger partial charge in [-0.1, -0.05) is 29.4 Å². The Kier molecular flexibility index (Phi) is 4.48. The van der Waals surface area contributed by atoms with Crippen molar-refractivity contribution in [3.05, 3.63) is 47.1 Å². The third-order valence-electron chi connectivity index (χ3n) is 2.58. The number of aliphatic hydroxyl groups excluding tert-OH is 1. The summed E-state index contributed by atoms with van der Waals surface area (Å²) >= 11 is 0. The number of aromatic nitrogens is 2. The molecule has 0 bridgehead atoms. The molecule has 0 atom stereocenters.